The van der Waals surface area contributed by atoms with Crippen molar-refractivity contribution in [1.29, 1.82) is 0 Å². The van der Waals surface area contributed by atoms with Gasteiger partial charge in [-0.3, -0.25) is 5.32 Å². The van der Waals surface area contributed by atoms with Gasteiger partial charge in [0.1, 0.15) is 5.60 Å². The minimum absolute atomic E-state index is 0.112. The van der Waals surface area contributed by atoms with Gasteiger partial charge in [-0.25, -0.2) is 21.6 Å². The first-order valence-corrected chi connectivity index (χ1v) is 16.1. The van der Waals surface area contributed by atoms with Crippen LogP contribution in [0.4, 0.5) is 4.79 Å². The van der Waals surface area contributed by atoms with Crippen LogP contribution in [0.25, 0.3) is 0 Å². The molecule has 8 nitrogen and oxygen atoms in total. The van der Waals surface area contributed by atoms with E-state index in [-0.39, 0.29) is 22.6 Å². The zero-order valence-electron chi connectivity index (χ0n) is 24.9. The SMILES string of the molecule is CCNCCCC(NC(=O)OC(C)(C)C)(S(=O)(=O)c1c(C)cc(C)cc1C)S(=O)(=O)c1c(C)cc(C)cc1C. The van der Waals surface area contributed by atoms with Crippen molar-refractivity contribution in [2.45, 2.75) is 102 Å². The summed E-state index contributed by atoms with van der Waals surface area (Å²) in [6, 6.07) is 6.80. The highest BCUT2D eigenvalue weighted by Crippen LogP contribution is 2.42. The maximum Gasteiger partial charge on any atom is 0.409 e. The molecule has 0 unspecified atom stereocenters. The second-order valence-corrected chi connectivity index (χ2v) is 15.8. The minimum Gasteiger partial charge on any atom is -0.444 e. The summed E-state index contributed by atoms with van der Waals surface area (Å²) >= 11 is 0. The van der Waals surface area contributed by atoms with Gasteiger partial charge in [-0.15, -0.1) is 0 Å². The number of amides is 1. The van der Waals surface area contributed by atoms with Gasteiger partial charge in [-0.05, 0) is 104 Å². The number of alkyl carbamates (subject to hydrolysis) is 1. The van der Waals surface area contributed by atoms with Crippen molar-refractivity contribution in [3.63, 3.8) is 0 Å². The van der Waals surface area contributed by atoms with Gasteiger partial charge in [-0.2, -0.15) is 0 Å². The zero-order valence-corrected chi connectivity index (χ0v) is 26.5. The fraction of sp³-hybridized carbons (Fsp3) is 0.552. The monoisotopic (exact) mass is 580 g/mol. The molecular weight excluding hydrogens is 536 g/mol. The minimum atomic E-state index is -4.76. The number of carbonyl (C=O) groups excluding carboxylic acids is 1. The first kappa shape index (κ1) is 32.8. The van der Waals surface area contributed by atoms with Crippen LogP contribution in [0.2, 0.25) is 0 Å². The smallest absolute Gasteiger partial charge is 0.409 e. The Morgan fingerprint density at radius 1 is 0.769 bits per heavy atom. The maximum atomic E-state index is 14.8. The number of ether oxygens (including phenoxy) is 1. The molecule has 0 saturated heterocycles. The van der Waals surface area contributed by atoms with Crippen molar-refractivity contribution in [2.24, 2.45) is 0 Å². The highest BCUT2D eigenvalue weighted by Gasteiger charge is 2.59. The molecule has 10 heteroatoms. The molecule has 1 amide bonds. The summed E-state index contributed by atoms with van der Waals surface area (Å²) in [6.45, 7) is 18.0. The average molecular weight is 581 g/mol. The molecule has 2 aromatic carbocycles. The Kier molecular flexibility index (Phi) is 10.1. The summed E-state index contributed by atoms with van der Waals surface area (Å²) in [4.78, 5) is 13.1. The number of benzene rings is 2. The van der Waals surface area contributed by atoms with E-state index in [0.717, 1.165) is 11.1 Å². The lowest BCUT2D eigenvalue weighted by molar-refractivity contribution is 0.0507. The third-order valence-corrected chi connectivity index (χ3v) is 12.4. The van der Waals surface area contributed by atoms with Crippen LogP contribution in [-0.4, -0.2) is 45.8 Å². The molecule has 2 rings (SSSR count). The number of hydrogen-bond acceptors (Lipinski definition) is 7. The molecule has 0 saturated carbocycles. The molecule has 0 heterocycles. The van der Waals surface area contributed by atoms with Gasteiger partial charge in [0.25, 0.3) is 4.20 Å². The molecule has 218 valence electrons. The number of rotatable bonds is 10. The van der Waals surface area contributed by atoms with E-state index in [1.807, 2.05) is 20.8 Å². The van der Waals surface area contributed by atoms with Crippen LogP contribution in [0, 0.1) is 41.5 Å². The molecule has 0 atom stereocenters. The maximum absolute atomic E-state index is 14.8. The first-order valence-electron chi connectivity index (χ1n) is 13.2. The zero-order chi connectivity index (χ0) is 30.0. The number of aryl methyl sites for hydroxylation is 6. The largest absolute Gasteiger partial charge is 0.444 e. The Morgan fingerprint density at radius 3 is 1.49 bits per heavy atom. The molecule has 0 aliphatic heterocycles. The second kappa shape index (κ2) is 12.0. The lowest BCUT2D eigenvalue weighted by Gasteiger charge is -2.36. The van der Waals surface area contributed by atoms with Crippen molar-refractivity contribution in [1.82, 2.24) is 10.6 Å². The lowest BCUT2D eigenvalue weighted by atomic mass is 10.1. The van der Waals surface area contributed by atoms with Gasteiger partial charge in [-0.1, -0.05) is 42.3 Å². The van der Waals surface area contributed by atoms with Crippen molar-refractivity contribution < 1.29 is 26.4 Å². The van der Waals surface area contributed by atoms with E-state index in [1.54, 1.807) is 72.7 Å². The van der Waals surface area contributed by atoms with Gasteiger partial charge in [0, 0.05) is 6.42 Å². The molecule has 2 N–H and O–H groups in total. The Labute approximate surface area is 234 Å². The molecule has 0 radical (unpaired) electrons. The van der Waals surface area contributed by atoms with Crippen LogP contribution in [0.3, 0.4) is 0 Å². The van der Waals surface area contributed by atoms with Crippen LogP contribution in [0.15, 0.2) is 34.1 Å². The fourth-order valence-electron chi connectivity index (χ4n) is 5.20. The van der Waals surface area contributed by atoms with E-state index in [0.29, 0.717) is 35.3 Å². The molecule has 0 spiro atoms. The predicted octanol–water partition coefficient (Wildman–Crippen LogP) is 5.35. The molecule has 0 aromatic heterocycles. The number of nitrogens with one attached hydrogen (secondary N) is 2. The van der Waals surface area contributed by atoms with Crippen molar-refractivity contribution in [3.05, 3.63) is 57.6 Å². The van der Waals surface area contributed by atoms with Gasteiger partial charge in [0.05, 0.1) is 9.79 Å². The van der Waals surface area contributed by atoms with E-state index in [1.165, 1.54) is 0 Å². The van der Waals surface area contributed by atoms with E-state index < -0.39 is 35.6 Å². The summed E-state index contributed by atoms with van der Waals surface area (Å²) in [7, 11) is -9.51. The topological polar surface area (TPSA) is 119 Å². The van der Waals surface area contributed by atoms with Crippen LogP contribution < -0.4 is 10.6 Å². The van der Waals surface area contributed by atoms with Gasteiger partial charge < -0.3 is 10.1 Å². The number of hydrogen-bond donors (Lipinski definition) is 2. The summed E-state index contributed by atoms with van der Waals surface area (Å²) in [5, 5.41) is 5.54. The van der Waals surface area contributed by atoms with Gasteiger partial charge in [0.15, 0.2) is 0 Å². The van der Waals surface area contributed by atoms with Crippen LogP contribution >= 0.6 is 0 Å². The van der Waals surface area contributed by atoms with Crippen molar-refractivity contribution in [2.75, 3.05) is 13.1 Å². The summed E-state index contributed by atoms with van der Waals surface area (Å²) in [5.41, 5.74) is 2.32. The molecular formula is C29H44N2O6S2. The molecule has 0 aliphatic carbocycles. The van der Waals surface area contributed by atoms with Crippen molar-refractivity contribution in [3.8, 4) is 0 Å². The van der Waals surface area contributed by atoms with E-state index in [9.17, 15) is 21.6 Å². The van der Waals surface area contributed by atoms with Gasteiger partial charge >= 0.3 is 6.09 Å². The number of carbonyl (C=O) groups is 1. The first-order chi connectivity index (χ1) is 17.8. The molecule has 0 fully saturated rings. The molecule has 2 aromatic rings. The third kappa shape index (κ3) is 6.84. The number of sulfone groups is 2. The van der Waals surface area contributed by atoms with Gasteiger partial charge in [0.2, 0.25) is 19.7 Å². The second-order valence-electron chi connectivity index (χ2n) is 11.3. The summed E-state index contributed by atoms with van der Waals surface area (Å²) < 4.78 is 62.0. The van der Waals surface area contributed by atoms with Crippen LogP contribution in [0.5, 0.6) is 0 Å². The Hall–Kier alpha value is -2.43. The highest BCUT2D eigenvalue weighted by molar-refractivity contribution is 8.10. The van der Waals surface area contributed by atoms with E-state index in [2.05, 4.69) is 10.6 Å². The predicted molar refractivity (Wildman–Crippen MR) is 156 cm³/mol. The molecule has 0 bridgehead atoms. The van der Waals surface area contributed by atoms with Crippen LogP contribution in [-0.2, 0) is 24.4 Å². The van der Waals surface area contributed by atoms with E-state index in [4.69, 9.17) is 4.74 Å². The summed E-state index contributed by atoms with van der Waals surface area (Å²) in [5.74, 6) is 0. The Balaban J connectivity index is 3.05. The Morgan fingerprint density at radius 2 is 1.15 bits per heavy atom. The normalized spacial score (nSPS) is 12.9. The highest BCUT2D eigenvalue weighted by atomic mass is 32.3. The van der Waals surface area contributed by atoms with E-state index >= 15 is 0 Å². The van der Waals surface area contributed by atoms with Crippen LogP contribution in [0.1, 0.15) is 73.9 Å². The molecule has 0 aliphatic rings. The molecule has 39 heavy (non-hydrogen) atoms. The standard InChI is InChI=1S/C29H44N2O6S2/c1-11-30-14-12-13-29(31-27(32)37-28(8,9)10,38(33,34)25-21(4)15-19(2)16-22(25)5)39(35,36)26-23(6)17-20(3)18-24(26)7/h15-18,30H,11-14H2,1-10H3,(H,31,32). The quantitative estimate of drug-likeness (QED) is 0.364. The fourth-order valence-corrected chi connectivity index (χ4v) is 10.7. The van der Waals surface area contributed by atoms with Crippen molar-refractivity contribution >= 4 is 25.8 Å². The Bertz CT molecular complexity index is 1310. The average Bonchev–Trinajstić information content (AvgIpc) is 2.72. The lowest BCUT2D eigenvalue weighted by Crippen LogP contribution is -2.60. The summed E-state index contributed by atoms with van der Waals surface area (Å²) in [6.07, 6.45) is -1.35. The third-order valence-electron chi connectivity index (χ3n) is 6.42.